The molecule has 0 aromatic heterocycles. The first-order valence-electron chi connectivity index (χ1n) is 16.0. The molecule has 8 heteroatoms. The summed E-state index contributed by atoms with van der Waals surface area (Å²) in [7, 11) is 1.96. The summed E-state index contributed by atoms with van der Waals surface area (Å²) in [5.74, 6) is 0.905. The molecule has 0 saturated carbocycles. The van der Waals surface area contributed by atoms with Gasteiger partial charge in [-0.15, -0.1) is 0 Å². The number of ether oxygens (including phenoxy) is 1. The smallest absolute Gasteiger partial charge is 0.228 e. The number of aliphatic hydroxyl groups is 1. The fourth-order valence-electron chi connectivity index (χ4n) is 7.12. The van der Waals surface area contributed by atoms with Crippen LogP contribution in [0.5, 0.6) is 0 Å². The van der Waals surface area contributed by atoms with Gasteiger partial charge in [0.15, 0.2) is 0 Å². The summed E-state index contributed by atoms with van der Waals surface area (Å²) >= 11 is 0. The highest BCUT2D eigenvalue weighted by atomic mass is 16.5. The summed E-state index contributed by atoms with van der Waals surface area (Å²) in [6.45, 7) is 28.4. The van der Waals surface area contributed by atoms with Crippen molar-refractivity contribution < 1.29 is 19.4 Å². The first-order chi connectivity index (χ1) is 18.7. The number of likely N-dealkylation sites (tertiary alicyclic amines) is 2. The highest BCUT2D eigenvalue weighted by Crippen LogP contribution is 2.39. The lowest BCUT2D eigenvalue weighted by Gasteiger charge is -2.43. The van der Waals surface area contributed by atoms with Crippen LogP contribution >= 0.6 is 0 Å². The van der Waals surface area contributed by atoms with E-state index in [2.05, 4.69) is 44.4 Å². The molecule has 0 bridgehead atoms. The van der Waals surface area contributed by atoms with Crippen LogP contribution in [0.2, 0.25) is 0 Å². The van der Waals surface area contributed by atoms with Crippen LogP contribution in [0, 0.1) is 16.7 Å². The van der Waals surface area contributed by atoms with Crippen molar-refractivity contribution in [1.29, 1.82) is 0 Å². The molecule has 2 rings (SSSR count). The van der Waals surface area contributed by atoms with Gasteiger partial charge in [0.2, 0.25) is 11.8 Å². The molecule has 2 aliphatic heterocycles. The lowest BCUT2D eigenvalue weighted by molar-refractivity contribution is -0.141. The second-order valence-electron chi connectivity index (χ2n) is 16.4. The number of carbonyl (C=O) groups excluding carboxylic acids is 2. The predicted octanol–water partition coefficient (Wildman–Crippen LogP) is 4.50. The maximum atomic E-state index is 13.4. The molecule has 0 aromatic rings. The summed E-state index contributed by atoms with van der Waals surface area (Å²) in [5, 5.41) is 9.08. The van der Waals surface area contributed by atoms with Crippen molar-refractivity contribution in [3.8, 4) is 0 Å². The fraction of sp³-hybridized carbons (Fsp3) is 0.939. The van der Waals surface area contributed by atoms with Gasteiger partial charge in [0.1, 0.15) is 0 Å². The number of rotatable bonds is 12. The quantitative estimate of drug-likeness (QED) is 0.343. The molecule has 2 aliphatic rings. The molecular formula is C33H64N4O4. The summed E-state index contributed by atoms with van der Waals surface area (Å²) in [4.78, 5) is 35.6. The molecule has 3 unspecified atom stereocenters. The van der Waals surface area contributed by atoms with E-state index in [-0.39, 0.29) is 34.9 Å². The van der Waals surface area contributed by atoms with Crippen LogP contribution in [0.15, 0.2) is 0 Å². The third kappa shape index (κ3) is 10.2. The second kappa shape index (κ2) is 14.0. The van der Waals surface area contributed by atoms with Gasteiger partial charge in [-0.25, -0.2) is 0 Å². The second-order valence-corrected chi connectivity index (χ2v) is 16.4. The van der Waals surface area contributed by atoms with E-state index >= 15 is 0 Å². The summed E-state index contributed by atoms with van der Waals surface area (Å²) in [6, 6.07) is 0.667. The SMILES string of the molecule is CN(CC1CC(CC(C)(C)N2CCCC2CN(CCOCCO)C(=O)C(C)(C)C)CN1C(C)(C)C)C(=O)C(C)(C)C. The Morgan fingerprint density at radius 3 is 2.00 bits per heavy atom. The summed E-state index contributed by atoms with van der Waals surface area (Å²) < 4.78 is 5.54. The molecule has 2 heterocycles. The van der Waals surface area contributed by atoms with E-state index in [1.54, 1.807) is 0 Å². The molecule has 8 nitrogen and oxygen atoms in total. The Balaban J connectivity index is 2.14. The van der Waals surface area contributed by atoms with Crippen molar-refractivity contribution in [2.45, 2.75) is 125 Å². The maximum Gasteiger partial charge on any atom is 0.228 e. The molecule has 1 N–H and O–H groups in total. The lowest BCUT2D eigenvalue weighted by Crippen LogP contribution is -2.54. The Hall–Kier alpha value is -1.22. The Bertz CT molecular complexity index is 855. The van der Waals surface area contributed by atoms with Crippen molar-refractivity contribution >= 4 is 11.8 Å². The van der Waals surface area contributed by atoms with Gasteiger partial charge >= 0.3 is 0 Å². The zero-order valence-electron chi connectivity index (χ0n) is 28.7. The molecule has 41 heavy (non-hydrogen) atoms. The van der Waals surface area contributed by atoms with Gasteiger partial charge < -0.3 is 19.6 Å². The third-order valence-electron chi connectivity index (χ3n) is 8.88. The van der Waals surface area contributed by atoms with Crippen molar-refractivity contribution in [3.63, 3.8) is 0 Å². The zero-order chi connectivity index (χ0) is 31.4. The molecule has 240 valence electrons. The molecule has 0 aromatic carbocycles. The maximum absolute atomic E-state index is 13.4. The van der Waals surface area contributed by atoms with E-state index in [0.717, 1.165) is 45.3 Å². The third-order valence-corrected chi connectivity index (χ3v) is 8.88. The number of hydrogen-bond donors (Lipinski definition) is 1. The molecule has 2 amide bonds. The van der Waals surface area contributed by atoms with Crippen LogP contribution in [0.3, 0.4) is 0 Å². The highest BCUT2D eigenvalue weighted by molar-refractivity contribution is 5.81. The first kappa shape index (κ1) is 36.0. The molecule has 0 spiro atoms. The molecule has 0 radical (unpaired) electrons. The minimum atomic E-state index is -0.452. The summed E-state index contributed by atoms with van der Waals surface area (Å²) in [6.07, 6.45) is 4.43. The number of nitrogens with zero attached hydrogens (tertiary/aromatic N) is 4. The van der Waals surface area contributed by atoms with E-state index in [1.807, 2.05) is 58.4 Å². The Morgan fingerprint density at radius 2 is 1.46 bits per heavy atom. The average molecular weight is 581 g/mol. The normalized spacial score (nSPS) is 23.3. The van der Waals surface area contributed by atoms with Crippen LogP contribution in [0.1, 0.15) is 102 Å². The topological polar surface area (TPSA) is 76.6 Å². The van der Waals surface area contributed by atoms with E-state index in [0.29, 0.717) is 44.3 Å². The van der Waals surface area contributed by atoms with Gasteiger partial charge in [0, 0.05) is 67.2 Å². The van der Waals surface area contributed by atoms with Crippen molar-refractivity contribution in [1.82, 2.24) is 19.6 Å². The van der Waals surface area contributed by atoms with Gasteiger partial charge in [-0.1, -0.05) is 41.5 Å². The van der Waals surface area contributed by atoms with Crippen LogP contribution < -0.4 is 0 Å². The largest absolute Gasteiger partial charge is 0.394 e. The van der Waals surface area contributed by atoms with Crippen molar-refractivity contribution in [3.05, 3.63) is 0 Å². The first-order valence-corrected chi connectivity index (χ1v) is 16.0. The van der Waals surface area contributed by atoms with Crippen molar-refractivity contribution in [2.75, 3.05) is 59.6 Å². The molecule has 2 fully saturated rings. The van der Waals surface area contributed by atoms with E-state index < -0.39 is 5.41 Å². The van der Waals surface area contributed by atoms with E-state index in [1.165, 1.54) is 0 Å². The Morgan fingerprint density at radius 1 is 0.854 bits per heavy atom. The Labute approximate surface area is 252 Å². The standard InChI is InChI=1S/C33H64N4O4/c1-30(2,3)28(39)34(12)23-27-20-25(22-37(27)32(7,8)9)21-33(10,11)36-15-13-14-26(36)24-35(16-18-41-19-17-38)29(40)31(4,5)6/h25-27,38H,13-24H2,1-12H3. The van der Waals surface area contributed by atoms with E-state index in [9.17, 15) is 9.59 Å². The number of likely N-dealkylation sites (N-methyl/N-ethyl adjacent to an activating group) is 1. The van der Waals surface area contributed by atoms with Gasteiger partial charge in [-0.05, 0) is 72.8 Å². The zero-order valence-corrected chi connectivity index (χ0v) is 28.7. The predicted molar refractivity (Wildman–Crippen MR) is 168 cm³/mol. The number of amides is 2. The summed E-state index contributed by atoms with van der Waals surface area (Å²) in [5.41, 5.74) is -0.787. The minimum absolute atomic E-state index is 0.00124. The van der Waals surface area contributed by atoms with Crippen LogP contribution in [0.25, 0.3) is 0 Å². The number of aliphatic hydroxyl groups excluding tert-OH is 1. The molecular weight excluding hydrogens is 516 g/mol. The van der Waals surface area contributed by atoms with Gasteiger partial charge in [0.25, 0.3) is 0 Å². The fourth-order valence-corrected chi connectivity index (χ4v) is 7.12. The Kier molecular flexibility index (Phi) is 12.3. The van der Waals surface area contributed by atoms with Crippen LogP contribution in [-0.4, -0.2) is 119 Å². The van der Waals surface area contributed by atoms with Gasteiger partial charge in [0.05, 0.1) is 19.8 Å². The highest BCUT2D eigenvalue weighted by Gasteiger charge is 2.44. The van der Waals surface area contributed by atoms with E-state index in [4.69, 9.17) is 9.84 Å². The minimum Gasteiger partial charge on any atom is -0.394 e. The van der Waals surface area contributed by atoms with Crippen LogP contribution in [0.4, 0.5) is 0 Å². The number of carbonyl (C=O) groups is 2. The monoisotopic (exact) mass is 580 g/mol. The van der Waals surface area contributed by atoms with Crippen LogP contribution in [-0.2, 0) is 14.3 Å². The van der Waals surface area contributed by atoms with Crippen molar-refractivity contribution in [2.24, 2.45) is 16.7 Å². The lowest BCUT2D eigenvalue weighted by atomic mass is 9.86. The molecule has 0 aliphatic carbocycles. The average Bonchev–Trinajstić information content (AvgIpc) is 3.45. The van der Waals surface area contributed by atoms with Gasteiger partial charge in [-0.2, -0.15) is 0 Å². The molecule has 3 atom stereocenters. The van der Waals surface area contributed by atoms with Gasteiger partial charge in [-0.3, -0.25) is 19.4 Å². The molecule has 2 saturated heterocycles. The number of hydrogen-bond acceptors (Lipinski definition) is 6.